The number of hydrogen-bond acceptors (Lipinski definition) is 5. The van der Waals surface area contributed by atoms with E-state index in [1.165, 1.54) is 22.5 Å². The Balaban J connectivity index is 1.53. The minimum Gasteiger partial charge on any atom is -0.351 e. The van der Waals surface area contributed by atoms with Crippen molar-refractivity contribution in [2.24, 2.45) is 0 Å². The van der Waals surface area contributed by atoms with Gasteiger partial charge in [0.2, 0.25) is 15.9 Å². The molecule has 4 rings (SSSR count). The summed E-state index contributed by atoms with van der Waals surface area (Å²) in [6.07, 6.45) is 1.87. The van der Waals surface area contributed by atoms with Crippen molar-refractivity contribution in [3.05, 3.63) is 53.8 Å². The van der Waals surface area contributed by atoms with Crippen LogP contribution in [-0.4, -0.2) is 46.2 Å². The highest BCUT2D eigenvalue weighted by Gasteiger charge is 2.39. The predicted molar refractivity (Wildman–Crippen MR) is 113 cm³/mol. The molecule has 8 nitrogen and oxygen atoms in total. The van der Waals surface area contributed by atoms with Crippen LogP contribution in [0.5, 0.6) is 0 Å². The third kappa shape index (κ3) is 4.17. The molecule has 0 radical (unpaired) electrons. The second kappa shape index (κ2) is 8.72. The van der Waals surface area contributed by atoms with Crippen molar-refractivity contribution in [3.63, 3.8) is 0 Å². The molecule has 1 aromatic heterocycles. The number of nitrogens with one attached hydrogen (secondary N) is 1. The van der Waals surface area contributed by atoms with E-state index in [-0.39, 0.29) is 18.0 Å². The van der Waals surface area contributed by atoms with E-state index in [0.717, 1.165) is 11.9 Å². The normalized spacial score (nSPS) is 17.3. The van der Waals surface area contributed by atoms with Crippen LogP contribution >= 0.6 is 0 Å². The van der Waals surface area contributed by atoms with E-state index in [9.17, 15) is 17.6 Å². The standard InChI is InChI=1S/C21H24FN5O3S/c1-2-11-26-19-10-9-16(13-18(19)24-25-26)31(29,30)27-12-5-8-20(27)21(28)23-14-15-6-3-4-7-17(15)22/h3-4,6-7,9-10,13,20H,2,5,8,11-12,14H2,1H3,(H,23,28). The minimum atomic E-state index is -3.90. The van der Waals surface area contributed by atoms with E-state index in [2.05, 4.69) is 15.6 Å². The maximum atomic E-state index is 13.8. The first-order valence-corrected chi connectivity index (χ1v) is 11.7. The number of benzene rings is 2. The smallest absolute Gasteiger partial charge is 0.243 e. The third-order valence-corrected chi connectivity index (χ3v) is 7.35. The van der Waals surface area contributed by atoms with E-state index >= 15 is 0 Å². The second-order valence-electron chi connectivity index (χ2n) is 7.55. The zero-order chi connectivity index (χ0) is 22.0. The molecular formula is C21H24FN5O3S. The predicted octanol–water partition coefficient (Wildman–Crippen LogP) is 2.45. The van der Waals surface area contributed by atoms with Crippen LogP contribution in [0, 0.1) is 5.82 Å². The summed E-state index contributed by atoms with van der Waals surface area (Å²) >= 11 is 0. The minimum absolute atomic E-state index is 0.00237. The van der Waals surface area contributed by atoms with Crippen LogP contribution in [0.4, 0.5) is 4.39 Å². The Morgan fingerprint density at radius 3 is 2.84 bits per heavy atom. The summed E-state index contributed by atoms with van der Waals surface area (Å²) in [6.45, 7) is 2.97. The lowest BCUT2D eigenvalue weighted by molar-refractivity contribution is -0.124. The van der Waals surface area contributed by atoms with Crippen molar-refractivity contribution in [2.75, 3.05) is 6.54 Å². The van der Waals surface area contributed by atoms with Crippen molar-refractivity contribution >= 4 is 27.0 Å². The topological polar surface area (TPSA) is 97.2 Å². The Hall–Kier alpha value is -2.85. The maximum Gasteiger partial charge on any atom is 0.243 e. The number of rotatable bonds is 7. The Morgan fingerprint density at radius 2 is 2.06 bits per heavy atom. The number of amides is 1. The number of nitrogens with zero attached hydrogens (tertiary/aromatic N) is 4. The number of carbonyl (C=O) groups is 1. The third-order valence-electron chi connectivity index (χ3n) is 5.44. The number of hydrogen-bond donors (Lipinski definition) is 1. The van der Waals surface area contributed by atoms with E-state index < -0.39 is 27.8 Å². The Bertz CT molecular complexity index is 1210. The summed E-state index contributed by atoms with van der Waals surface area (Å²) in [5.74, 6) is -0.845. The first-order valence-electron chi connectivity index (χ1n) is 10.3. The van der Waals surface area contributed by atoms with Gasteiger partial charge in [-0.05, 0) is 43.5 Å². The number of fused-ring (bicyclic) bond motifs is 1. The molecule has 164 valence electrons. The molecule has 1 aliphatic heterocycles. The molecule has 1 unspecified atom stereocenters. The molecule has 1 saturated heterocycles. The van der Waals surface area contributed by atoms with Gasteiger partial charge in [-0.2, -0.15) is 4.31 Å². The Kier molecular flexibility index (Phi) is 6.01. The van der Waals surface area contributed by atoms with Gasteiger partial charge in [-0.1, -0.05) is 30.3 Å². The monoisotopic (exact) mass is 445 g/mol. The molecule has 0 spiro atoms. The molecule has 1 atom stereocenters. The number of sulfonamides is 1. The van der Waals surface area contributed by atoms with Gasteiger partial charge in [-0.15, -0.1) is 5.10 Å². The molecule has 0 saturated carbocycles. The van der Waals surface area contributed by atoms with Gasteiger partial charge >= 0.3 is 0 Å². The second-order valence-corrected chi connectivity index (χ2v) is 9.44. The van der Waals surface area contributed by atoms with Gasteiger partial charge in [0.1, 0.15) is 17.4 Å². The van der Waals surface area contributed by atoms with Crippen molar-refractivity contribution in [3.8, 4) is 0 Å². The van der Waals surface area contributed by atoms with Crippen LogP contribution in [0.15, 0.2) is 47.4 Å². The molecule has 3 aromatic rings. The molecule has 1 fully saturated rings. The molecule has 1 aliphatic rings. The first kappa shape index (κ1) is 21.4. The number of carbonyl (C=O) groups excluding carboxylic acids is 1. The molecule has 1 amide bonds. The number of aromatic nitrogens is 3. The summed E-state index contributed by atoms with van der Waals surface area (Å²) < 4.78 is 43.3. The van der Waals surface area contributed by atoms with Gasteiger partial charge in [0.15, 0.2) is 0 Å². The van der Waals surface area contributed by atoms with Gasteiger partial charge in [-0.3, -0.25) is 4.79 Å². The molecule has 10 heteroatoms. The van der Waals surface area contributed by atoms with Crippen molar-refractivity contribution in [1.82, 2.24) is 24.6 Å². The molecule has 0 bridgehead atoms. The number of aryl methyl sites for hydroxylation is 1. The van der Waals surface area contributed by atoms with E-state index in [0.29, 0.717) is 30.5 Å². The average Bonchev–Trinajstić information content (AvgIpc) is 3.41. The SMILES string of the molecule is CCCn1nnc2cc(S(=O)(=O)N3CCCC3C(=O)NCc3ccccc3F)ccc21. The van der Waals surface area contributed by atoms with Crippen molar-refractivity contribution in [2.45, 2.75) is 50.2 Å². The van der Waals surface area contributed by atoms with Crippen LogP contribution in [-0.2, 0) is 27.9 Å². The summed E-state index contributed by atoms with van der Waals surface area (Å²) in [4.78, 5) is 12.8. The van der Waals surface area contributed by atoms with E-state index in [1.54, 1.807) is 28.9 Å². The Morgan fingerprint density at radius 1 is 1.26 bits per heavy atom. The summed E-state index contributed by atoms with van der Waals surface area (Å²) in [7, 11) is -3.90. The van der Waals surface area contributed by atoms with Crippen LogP contribution in [0.2, 0.25) is 0 Å². The zero-order valence-corrected chi connectivity index (χ0v) is 18.0. The molecule has 1 N–H and O–H groups in total. The van der Waals surface area contributed by atoms with Crippen LogP contribution in [0.25, 0.3) is 11.0 Å². The largest absolute Gasteiger partial charge is 0.351 e. The lowest BCUT2D eigenvalue weighted by Crippen LogP contribution is -2.45. The average molecular weight is 446 g/mol. The zero-order valence-electron chi connectivity index (χ0n) is 17.2. The quantitative estimate of drug-likeness (QED) is 0.603. The first-order chi connectivity index (χ1) is 14.9. The number of halogens is 1. The Labute approximate surface area is 180 Å². The van der Waals surface area contributed by atoms with Crippen LogP contribution in [0.1, 0.15) is 31.7 Å². The highest BCUT2D eigenvalue weighted by Crippen LogP contribution is 2.28. The molecule has 2 heterocycles. The molecular weight excluding hydrogens is 421 g/mol. The van der Waals surface area contributed by atoms with Crippen molar-refractivity contribution in [1.29, 1.82) is 0 Å². The highest BCUT2D eigenvalue weighted by molar-refractivity contribution is 7.89. The maximum absolute atomic E-state index is 13.8. The van der Waals surface area contributed by atoms with Gasteiger partial charge in [0, 0.05) is 25.2 Å². The van der Waals surface area contributed by atoms with Gasteiger partial charge in [0.05, 0.1) is 10.4 Å². The van der Waals surface area contributed by atoms with Crippen LogP contribution < -0.4 is 5.32 Å². The summed E-state index contributed by atoms with van der Waals surface area (Å²) in [6, 6.07) is 10.0. The fourth-order valence-corrected chi connectivity index (χ4v) is 5.53. The highest BCUT2D eigenvalue weighted by atomic mass is 32.2. The molecule has 2 aromatic carbocycles. The van der Waals surface area contributed by atoms with E-state index in [1.807, 2.05) is 6.92 Å². The lowest BCUT2D eigenvalue weighted by Gasteiger charge is -2.23. The van der Waals surface area contributed by atoms with E-state index in [4.69, 9.17) is 0 Å². The van der Waals surface area contributed by atoms with Gasteiger partial charge in [-0.25, -0.2) is 17.5 Å². The molecule has 0 aliphatic carbocycles. The summed E-state index contributed by atoms with van der Waals surface area (Å²) in [5.41, 5.74) is 1.61. The fourth-order valence-electron chi connectivity index (χ4n) is 3.86. The molecule has 31 heavy (non-hydrogen) atoms. The van der Waals surface area contributed by atoms with Crippen LogP contribution in [0.3, 0.4) is 0 Å². The van der Waals surface area contributed by atoms with Gasteiger partial charge in [0.25, 0.3) is 0 Å². The fraction of sp³-hybridized carbons (Fsp3) is 0.381. The summed E-state index contributed by atoms with van der Waals surface area (Å²) in [5, 5.41) is 10.8. The van der Waals surface area contributed by atoms with Crippen molar-refractivity contribution < 1.29 is 17.6 Å². The lowest BCUT2D eigenvalue weighted by atomic mass is 10.2. The van der Waals surface area contributed by atoms with Gasteiger partial charge < -0.3 is 5.32 Å².